The van der Waals surface area contributed by atoms with Crippen molar-refractivity contribution in [1.29, 1.82) is 0 Å². The molecule has 0 spiro atoms. The molecule has 186 valence electrons. The van der Waals surface area contributed by atoms with Gasteiger partial charge in [-0.2, -0.15) is 0 Å². The van der Waals surface area contributed by atoms with Gasteiger partial charge in [-0.15, -0.1) is 11.8 Å². The monoisotopic (exact) mass is 509 g/mol. The van der Waals surface area contributed by atoms with Crippen molar-refractivity contribution in [2.24, 2.45) is 11.1 Å². The molecule has 5 N–H and O–H groups in total. The number of ether oxygens (including phenoxy) is 1. The lowest BCUT2D eigenvalue weighted by Gasteiger charge is -2.36. The largest absolute Gasteiger partial charge is 0.493 e. The van der Waals surface area contributed by atoms with Crippen LogP contribution in [-0.4, -0.2) is 65.7 Å². The number of carbonyl (C=O) groups excluding carboxylic acids is 3. The summed E-state index contributed by atoms with van der Waals surface area (Å²) in [6.07, 6.45) is 0.899. The number of hydrogen-bond acceptors (Lipinski definition) is 7. The highest BCUT2D eigenvalue weighted by molar-refractivity contribution is 7.99. The van der Waals surface area contributed by atoms with Gasteiger partial charge < -0.3 is 26.0 Å². The molecular formula is C23H32ClN5O4S. The minimum atomic E-state index is -0.907. The Morgan fingerprint density at radius 2 is 2.03 bits per heavy atom. The number of nitrogens with two attached hydrogens (primary N) is 1. The number of hydrogen-bond donors (Lipinski definition) is 4. The van der Waals surface area contributed by atoms with Crippen LogP contribution in [0.2, 0.25) is 5.02 Å². The van der Waals surface area contributed by atoms with Crippen LogP contribution in [0.1, 0.15) is 44.7 Å². The van der Waals surface area contributed by atoms with Gasteiger partial charge >= 0.3 is 0 Å². The van der Waals surface area contributed by atoms with Crippen LogP contribution < -0.4 is 26.4 Å². The van der Waals surface area contributed by atoms with Gasteiger partial charge in [0.2, 0.25) is 11.8 Å². The van der Waals surface area contributed by atoms with E-state index in [9.17, 15) is 14.4 Å². The van der Waals surface area contributed by atoms with Crippen molar-refractivity contribution >= 4 is 41.1 Å². The lowest BCUT2D eigenvalue weighted by Crippen LogP contribution is -2.59. The summed E-state index contributed by atoms with van der Waals surface area (Å²) in [7, 11) is 1.58. The number of benzene rings is 1. The third-order valence-corrected chi connectivity index (χ3v) is 8.27. The van der Waals surface area contributed by atoms with Crippen molar-refractivity contribution < 1.29 is 19.1 Å². The minimum absolute atomic E-state index is 0.126. The Labute approximate surface area is 208 Å². The van der Waals surface area contributed by atoms with E-state index in [2.05, 4.69) is 16.0 Å². The molecule has 0 radical (unpaired) electrons. The molecule has 3 aliphatic rings. The van der Waals surface area contributed by atoms with Crippen molar-refractivity contribution in [3.05, 3.63) is 28.8 Å². The van der Waals surface area contributed by atoms with Crippen LogP contribution in [-0.2, 0) is 14.4 Å². The summed E-state index contributed by atoms with van der Waals surface area (Å²) in [6, 6.07) is 3.78. The van der Waals surface area contributed by atoms with Gasteiger partial charge in [0, 0.05) is 17.0 Å². The van der Waals surface area contributed by atoms with Crippen molar-refractivity contribution in [1.82, 2.24) is 20.9 Å². The van der Waals surface area contributed by atoms with Crippen molar-refractivity contribution in [3.8, 4) is 5.75 Å². The van der Waals surface area contributed by atoms with Gasteiger partial charge in [0.05, 0.1) is 18.0 Å². The fourth-order valence-electron chi connectivity index (χ4n) is 5.01. The second-order valence-electron chi connectivity index (χ2n) is 9.66. The highest BCUT2D eigenvalue weighted by Crippen LogP contribution is 2.46. The highest BCUT2D eigenvalue weighted by atomic mass is 35.5. The average molecular weight is 510 g/mol. The maximum Gasteiger partial charge on any atom is 0.252 e. The number of amides is 3. The summed E-state index contributed by atoms with van der Waals surface area (Å²) in [5.41, 5.74) is 6.20. The normalized spacial score (nSPS) is 28.7. The molecule has 2 saturated heterocycles. The Morgan fingerprint density at radius 1 is 1.26 bits per heavy atom. The van der Waals surface area contributed by atoms with Crippen LogP contribution in [0.5, 0.6) is 5.75 Å². The molecular weight excluding hydrogens is 478 g/mol. The molecule has 11 heteroatoms. The number of thioether (sulfide) groups is 1. The van der Waals surface area contributed by atoms with E-state index in [1.165, 1.54) is 0 Å². The number of rotatable bonds is 5. The average Bonchev–Trinajstić information content (AvgIpc) is 2.98. The van der Waals surface area contributed by atoms with E-state index >= 15 is 0 Å². The topological polar surface area (TPSA) is 126 Å². The fourth-order valence-corrected chi connectivity index (χ4v) is 6.75. The molecule has 3 heterocycles. The van der Waals surface area contributed by atoms with E-state index in [1.54, 1.807) is 35.8 Å². The first-order chi connectivity index (χ1) is 16.1. The summed E-state index contributed by atoms with van der Waals surface area (Å²) < 4.78 is 5.72. The quantitative estimate of drug-likeness (QED) is 0.441. The third kappa shape index (κ3) is 4.86. The maximum absolute atomic E-state index is 13.7. The number of likely N-dealkylation sites (N-methyl/N-ethyl adjacent to an activating group) is 1. The zero-order valence-electron chi connectivity index (χ0n) is 19.6. The molecule has 0 aliphatic carbocycles. The molecule has 4 rings (SSSR count). The van der Waals surface area contributed by atoms with E-state index in [4.69, 9.17) is 22.1 Å². The third-order valence-electron chi connectivity index (χ3n) is 6.79. The van der Waals surface area contributed by atoms with E-state index in [1.807, 2.05) is 19.9 Å². The Balaban J connectivity index is 1.56. The molecule has 1 aromatic carbocycles. The Kier molecular flexibility index (Phi) is 7.33. The molecule has 3 aliphatic heterocycles. The number of nitrogens with one attached hydrogen (secondary N) is 3. The second kappa shape index (κ2) is 9.93. The van der Waals surface area contributed by atoms with Gasteiger partial charge in [-0.3, -0.25) is 19.7 Å². The zero-order valence-corrected chi connectivity index (χ0v) is 21.2. The fraction of sp³-hybridized carbons (Fsp3) is 0.609. The van der Waals surface area contributed by atoms with Gasteiger partial charge in [-0.1, -0.05) is 31.5 Å². The summed E-state index contributed by atoms with van der Waals surface area (Å²) in [5.74, 6) is 0.481. The maximum atomic E-state index is 13.7. The van der Waals surface area contributed by atoms with E-state index < -0.39 is 29.6 Å². The Bertz CT molecular complexity index is 977. The van der Waals surface area contributed by atoms with Gasteiger partial charge in [0.1, 0.15) is 24.0 Å². The molecule has 0 saturated carbocycles. The first-order valence-corrected chi connectivity index (χ1v) is 12.9. The number of fused-ring (bicyclic) bond motifs is 2. The standard InChI is InChI=1S/C23H32ClN5O4S/c1-23(2)11-17-29(22(32)15(7-9-34-17)28-21(31)19(25)26-3)18(23)20(30)27-14-6-8-33-16-10-12(24)4-5-13(14)16/h4-5,10,14-15,17-19,26H,6-9,11,25H2,1-3H3,(H,27,30)(H,28,31)/t14-,15+,17+,18-,19-/m1/s1. The van der Waals surface area contributed by atoms with Crippen LogP contribution in [0.3, 0.4) is 0 Å². The molecule has 0 unspecified atom stereocenters. The predicted molar refractivity (Wildman–Crippen MR) is 131 cm³/mol. The molecule has 0 aromatic heterocycles. The van der Waals surface area contributed by atoms with Gasteiger partial charge in [0.25, 0.3) is 5.91 Å². The number of halogens is 1. The van der Waals surface area contributed by atoms with Crippen LogP contribution in [0, 0.1) is 5.41 Å². The van der Waals surface area contributed by atoms with Crippen molar-refractivity contribution in [3.63, 3.8) is 0 Å². The smallest absolute Gasteiger partial charge is 0.252 e. The van der Waals surface area contributed by atoms with Gasteiger partial charge in [0.15, 0.2) is 0 Å². The van der Waals surface area contributed by atoms with E-state index in [0.29, 0.717) is 42.4 Å². The molecule has 1 aromatic rings. The first kappa shape index (κ1) is 25.1. The highest BCUT2D eigenvalue weighted by Gasteiger charge is 2.54. The summed E-state index contributed by atoms with van der Waals surface area (Å²) in [4.78, 5) is 41.4. The molecule has 5 atom stereocenters. The van der Waals surface area contributed by atoms with Crippen LogP contribution in [0.15, 0.2) is 18.2 Å². The molecule has 0 bridgehead atoms. The van der Waals surface area contributed by atoms with Crippen molar-refractivity contribution in [2.45, 2.75) is 62.8 Å². The van der Waals surface area contributed by atoms with Gasteiger partial charge in [-0.25, -0.2) is 0 Å². The zero-order chi connectivity index (χ0) is 24.6. The summed E-state index contributed by atoms with van der Waals surface area (Å²) in [6.45, 7) is 4.50. The van der Waals surface area contributed by atoms with Crippen molar-refractivity contribution in [2.75, 3.05) is 19.4 Å². The lowest BCUT2D eigenvalue weighted by molar-refractivity contribution is -0.144. The van der Waals surface area contributed by atoms with Crippen LogP contribution in [0.4, 0.5) is 0 Å². The predicted octanol–water partition coefficient (Wildman–Crippen LogP) is 1.36. The molecule has 2 fully saturated rings. The van der Waals surface area contributed by atoms with Crippen LogP contribution in [0.25, 0.3) is 0 Å². The second-order valence-corrected chi connectivity index (χ2v) is 11.4. The Morgan fingerprint density at radius 3 is 2.76 bits per heavy atom. The Hall–Kier alpha value is -2.01. The molecule has 3 amide bonds. The van der Waals surface area contributed by atoms with E-state index in [-0.39, 0.29) is 23.2 Å². The minimum Gasteiger partial charge on any atom is -0.493 e. The van der Waals surface area contributed by atoms with E-state index in [0.717, 1.165) is 5.56 Å². The lowest BCUT2D eigenvalue weighted by atomic mass is 9.83. The first-order valence-electron chi connectivity index (χ1n) is 11.5. The number of carbonyl (C=O) groups is 3. The van der Waals surface area contributed by atoms with Crippen LogP contribution >= 0.6 is 23.4 Å². The summed E-state index contributed by atoms with van der Waals surface area (Å²) in [5, 5.41) is 9.06. The molecule has 34 heavy (non-hydrogen) atoms. The number of nitrogens with zero attached hydrogens (tertiary/aromatic N) is 1. The SMILES string of the molecule is CN[C@@H](N)C(=O)N[C@H]1CCS[C@H]2CC(C)(C)[C@@H](C(=O)N[C@@H]3CCOc4cc(Cl)ccc43)N2C1=O. The summed E-state index contributed by atoms with van der Waals surface area (Å²) >= 11 is 7.76. The van der Waals surface area contributed by atoms with Gasteiger partial charge in [-0.05, 0) is 43.2 Å². The molecule has 9 nitrogen and oxygen atoms in total.